The summed E-state index contributed by atoms with van der Waals surface area (Å²) in [6.07, 6.45) is 1.02. The van der Waals surface area contributed by atoms with E-state index >= 15 is 0 Å². The maximum atomic E-state index is 13.2. The predicted octanol–water partition coefficient (Wildman–Crippen LogP) is 3.80. The molecule has 5 nitrogen and oxygen atoms in total. The molecular weight excluding hydrogens is 356 g/mol. The molecule has 0 amide bonds. The number of carbonyl (C=O) groups excluding carboxylic acids is 1. The molecule has 2 aromatic carbocycles. The Kier molecular flexibility index (Phi) is 3.45. The number of benzene rings is 2. The summed E-state index contributed by atoms with van der Waals surface area (Å²) in [6, 6.07) is 10.4. The van der Waals surface area contributed by atoms with Gasteiger partial charge in [0.15, 0.2) is 0 Å². The van der Waals surface area contributed by atoms with Crippen molar-refractivity contribution in [2.24, 2.45) is 5.92 Å². The van der Waals surface area contributed by atoms with Gasteiger partial charge in [0, 0.05) is 29.0 Å². The topological polar surface area (TPSA) is 76.0 Å². The molecule has 28 heavy (non-hydrogen) atoms. The van der Waals surface area contributed by atoms with Crippen LogP contribution in [-0.2, 0) is 0 Å². The van der Waals surface area contributed by atoms with Crippen molar-refractivity contribution in [2.45, 2.75) is 56.8 Å². The number of phenolic OH excluding ortho intramolecular Hbond substituents is 1. The Morgan fingerprint density at radius 1 is 1.18 bits per heavy atom. The molecule has 0 saturated heterocycles. The molecule has 3 aliphatic rings. The van der Waals surface area contributed by atoms with Crippen LogP contribution in [0.4, 0.5) is 0 Å². The lowest BCUT2D eigenvalue weighted by Gasteiger charge is -2.50. The number of ketones is 1. The summed E-state index contributed by atoms with van der Waals surface area (Å²) in [5.41, 5.74) is -0.0398. The molecule has 0 spiro atoms. The van der Waals surface area contributed by atoms with E-state index in [2.05, 4.69) is 0 Å². The first-order valence-corrected chi connectivity index (χ1v) is 9.78. The highest BCUT2D eigenvalue weighted by Crippen LogP contribution is 2.62. The van der Waals surface area contributed by atoms with E-state index in [1.807, 2.05) is 19.9 Å². The highest BCUT2D eigenvalue weighted by atomic mass is 16.5. The van der Waals surface area contributed by atoms with Crippen LogP contribution in [0, 0.1) is 5.92 Å². The number of hydrogen-bond acceptors (Lipinski definition) is 5. The first-order valence-electron chi connectivity index (χ1n) is 9.78. The molecular formula is C23H24O5. The van der Waals surface area contributed by atoms with E-state index in [4.69, 9.17) is 9.47 Å². The number of aromatic hydroxyl groups is 1. The summed E-state index contributed by atoms with van der Waals surface area (Å²) in [6.45, 7) is 5.82. The van der Waals surface area contributed by atoms with Gasteiger partial charge in [0.25, 0.3) is 0 Å². The Morgan fingerprint density at radius 2 is 1.89 bits per heavy atom. The number of rotatable bonds is 2. The Hall–Kier alpha value is -2.53. The zero-order valence-electron chi connectivity index (χ0n) is 16.2. The fourth-order valence-electron chi connectivity index (χ4n) is 5.29. The van der Waals surface area contributed by atoms with E-state index in [0.29, 0.717) is 23.5 Å². The molecule has 0 radical (unpaired) electrons. The van der Waals surface area contributed by atoms with Gasteiger partial charge < -0.3 is 19.7 Å². The summed E-state index contributed by atoms with van der Waals surface area (Å²) in [7, 11) is 0. The van der Waals surface area contributed by atoms with Crippen LogP contribution in [0.15, 0.2) is 36.4 Å². The van der Waals surface area contributed by atoms with Crippen LogP contribution in [-0.4, -0.2) is 33.3 Å². The van der Waals surface area contributed by atoms with Crippen LogP contribution in [0.1, 0.15) is 61.0 Å². The molecule has 0 aromatic heterocycles. The maximum Gasteiger partial charge on any atom is 0.200 e. The summed E-state index contributed by atoms with van der Waals surface area (Å²) in [5.74, 6) is 0.563. The number of phenols is 1. The molecule has 5 heteroatoms. The predicted molar refractivity (Wildman–Crippen MR) is 103 cm³/mol. The average Bonchev–Trinajstić information content (AvgIpc) is 3.02. The average molecular weight is 380 g/mol. The van der Waals surface area contributed by atoms with Crippen molar-refractivity contribution in [2.75, 3.05) is 0 Å². The second-order valence-corrected chi connectivity index (χ2v) is 8.98. The van der Waals surface area contributed by atoms with Crippen molar-refractivity contribution in [3.05, 3.63) is 53.1 Å². The largest absolute Gasteiger partial charge is 0.507 e. The molecule has 0 bridgehead atoms. The van der Waals surface area contributed by atoms with Crippen molar-refractivity contribution >= 4 is 5.78 Å². The number of carbonyl (C=O) groups is 1. The normalized spacial score (nSPS) is 31.5. The summed E-state index contributed by atoms with van der Waals surface area (Å²) < 4.78 is 12.5. The van der Waals surface area contributed by atoms with Crippen LogP contribution in [0.25, 0.3) is 0 Å². The first-order chi connectivity index (χ1) is 13.2. The first kappa shape index (κ1) is 17.6. The van der Waals surface area contributed by atoms with Gasteiger partial charge in [-0.1, -0.05) is 30.3 Å². The fourth-order valence-corrected chi connectivity index (χ4v) is 5.29. The highest BCUT2D eigenvalue weighted by molar-refractivity contribution is 6.13. The maximum absolute atomic E-state index is 13.2. The Morgan fingerprint density at radius 3 is 2.61 bits per heavy atom. The zero-order valence-corrected chi connectivity index (χ0v) is 16.2. The molecule has 1 saturated carbocycles. The van der Waals surface area contributed by atoms with Crippen LogP contribution in [0.2, 0.25) is 0 Å². The molecule has 4 unspecified atom stereocenters. The van der Waals surface area contributed by atoms with E-state index in [9.17, 15) is 15.0 Å². The second kappa shape index (κ2) is 5.51. The molecule has 146 valence electrons. The molecule has 5 rings (SSSR count). The third kappa shape index (κ3) is 2.26. The van der Waals surface area contributed by atoms with Crippen LogP contribution in [0.3, 0.4) is 0 Å². The quantitative estimate of drug-likeness (QED) is 0.775. The summed E-state index contributed by atoms with van der Waals surface area (Å²) in [5, 5.41) is 21.7. The van der Waals surface area contributed by atoms with Crippen molar-refractivity contribution < 1.29 is 24.5 Å². The fraction of sp³-hybridized carbons (Fsp3) is 0.435. The molecule has 2 aliphatic heterocycles. The van der Waals surface area contributed by atoms with Crippen molar-refractivity contribution in [3.63, 3.8) is 0 Å². The minimum absolute atomic E-state index is 0.0691. The van der Waals surface area contributed by atoms with E-state index in [1.54, 1.807) is 31.2 Å². The Balaban J connectivity index is 1.73. The molecule has 1 aliphatic carbocycles. The highest BCUT2D eigenvalue weighted by Gasteiger charge is 2.60. The van der Waals surface area contributed by atoms with Crippen molar-refractivity contribution in [1.29, 1.82) is 0 Å². The van der Waals surface area contributed by atoms with Crippen molar-refractivity contribution in [3.8, 4) is 17.2 Å². The van der Waals surface area contributed by atoms with Gasteiger partial charge in [-0.2, -0.15) is 0 Å². The third-order valence-corrected chi connectivity index (χ3v) is 6.70. The smallest absolute Gasteiger partial charge is 0.200 e. The number of hydrogen-bond donors (Lipinski definition) is 2. The van der Waals surface area contributed by atoms with Gasteiger partial charge in [0.1, 0.15) is 34.5 Å². The molecule has 2 heterocycles. The second-order valence-electron chi connectivity index (χ2n) is 8.98. The lowest BCUT2D eigenvalue weighted by Crippen LogP contribution is -2.56. The van der Waals surface area contributed by atoms with Crippen molar-refractivity contribution in [1.82, 2.24) is 0 Å². The third-order valence-electron chi connectivity index (χ3n) is 6.70. The minimum atomic E-state index is -0.968. The Bertz CT molecular complexity index is 976. The van der Waals surface area contributed by atoms with Gasteiger partial charge in [-0.15, -0.1) is 0 Å². The van der Waals surface area contributed by atoms with Crippen LogP contribution >= 0.6 is 0 Å². The zero-order chi connectivity index (χ0) is 19.8. The summed E-state index contributed by atoms with van der Waals surface area (Å²) >= 11 is 0. The van der Waals surface area contributed by atoms with Gasteiger partial charge in [0.05, 0.1) is 5.60 Å². The van der Waals surface area contributed by atoms with E-state index in [-0.39, 0.29) is 28.9 Å². The lowest BCUT2D eigenvalue weighted by molar-refractivity contribution is -0.119. The molecule has 4 atom stereocenters. The lowest BCUT2D eigenvalue weighted by atomic mass is 9.62. The Labute approximate surface area is 163 Å². The molecule has 2 N–H and O–H groups in total. The van der Waals surface area contributed by atoms with Gasteiger partial charge in [0.2, 0.25) is 5.78 Å². The van der Waals surface area contributed by atoms with E-state index in [0.717, 1.165) is 12.0 Å². The molecule has 2 aromatic rings. The monoisotopic (exact) mass is 380 g/mol. The van der Waals surface area contributed by atoms with Gasteiger partial charge in [-0.3, -0.25) is 4.79 Å². The molecule has 1 fully saturated rings. The number of aliphatic hydroxyl groups is 1. The standard InChI is InChI=1S/C23H24O5/c1-22(2)13-9-10-23(3,26)21-16(13)18-15(27-21)11-14(24)17(20(18)28-22)19(25)12-7-5-4-6-8-12/h4-8,11,13,16,21,24,26H,9-10H2,1-3H3. The van der Waals surface area contributed by atoms with Gasteiger partial charge in [-0.25, -0.2) is 0 Å². The van der Waals surface area contributed by atoms with Gasteiger partial charge in [-0.05, 0) is 33.6 Å². The summed E-state index contributed by atoms with van der Waals surface area (Å²) in [4.78, 5) is 13.2. The SMILES string of the molecule is CC1(O)CCC2C3c4c(cc(O)c(C(=O)c5ccccc5)c4OC2(C)C)OC31. The van der Waals surface area contributed by atoms with Crippen LogP contribution < -0.4 is 9.47 Å². The minimum Gasteiger partial charge on any atom is -0.507 e. The number of ether oxygens (including phenoxy) is 2. The van der Waals surface area contributed by atoms with Gasteiger partial charge >= 0.3 is 0 Å². The van der Waals surface area contributed by atoms with E-state index < -0.39 is 17.3 Å². The van der Waals surface area contributed by atoms with E-state index in [1.165, 1.54) is 6.07 Å². The van der Waals surface area contributed by atoms with Crippen LogP contribution in [0.5, 0.6) is 17.2 Å².